The zero-order chi connectivity index (χ0) is 49.9. The van der Waals surface area contributed by atoms with Crippen LogP contribution in [-0.4, -0.2) is 9.97 Å². The van der Waals surface area contributed by atoms with Crippen LogP contribution in [0.3, 0.4) is 0 Å². The molecule has 2 aromatic heterocycles. The Hall–Kier alpha value is -7.68. The smallest absolute Gasteiger partial charge is 0.0704 e. The molecule has 0 aliphatic carbocycles. The lowest BCUT2D eigenvalue weighted by atomic mass is 9.85. The molecule has 0 atom stereocenters. The SMILES string of the molecule is C=C/C(=C\Cc1ccc(-c2ccccc2-c2cc(-c3ccccc3-c3ccc(-c4cc(C(C)(C)C)ccn4)cc3)cc(-c3ccccc3-c3ccc(-c4cc(C(C)(C)C)ccn4)cc3)c2)cc1)C(C)(C)C. The fraction of sp³-hybridized carbons (Fsp3) is 0.188. The lowest BCUT2D eigenvalue weighted by Crippen LogP contribution is -2.11. The van der Waals surface area contributed by atoms with Gasteiger partial charge in [0.05, 0.1) is 11.4 Å². The minimum atomic E-state index is 0.0385. The molecule has 0 aliphatic heterocycles. The fourth-order valence-electron chi connectivity index (χ4n) is 9.55. The van der Waals surface area contributed by atoms with Gasteiger partial charge >= 0.3 is 0 Å². The van der Waals surface area contributed by atoms with Crippen molar-refractivity contribution in [2.24, 2.45) is 5.41 Å². The summed E-state index contributed by atoms with van der Waals surface area (Å²) in [7, 11) is 0. The average Bonchev–Trinajstić information content (AvgIpc) is 3.38. The van der Waals surface area contributed by atoms with Gasteiger partial charge in [-0.15, -0.1) is 0 Å². The first-order chi connectivity index (χ1) is 34.0. The van der Waals surface area contributed by atoms with Crippen molar-refractivity contribution in [1.29, 1.82) is 0 Å². The van der Waals surface area contributed by atoms with E-state index in [2.05, 4.69) is 263 Å². The highest BCUT2D eigenvalue weighted by atomic mass is 14.7. The highest BCUT2D eigenvalue weighted by Gasteiger charge is 2.19. The van der Waals surface area contributed by atoms with Gasteiger partial charge in [0.1, 0.15) is 0 Å². The zero-order valence-corrected chi connectivity index (χ0v) is 43.0. The predicted octanol–water partition coefficient (Wildman–Crippen LogP) is 19.1. The highest BCUT2D eigenvalue weighted by Crippen LogP contribution is 2.43. The van der Waals surface area contributed by atoms with Crippen molar-refractivity contribution in [3.63, 3.8) is 0 Å². The normalized spacial score (nSPS) is 12.2. The van der Waals surface area contributed by atoms with Crippen LogP contribution >= 0.6 is 0 Å². The molecule has 9 rings (SSSR count). The molecule has 0 N–H and O–H groups in total. The van der Waals surface area contributed by atoms with E-state index in [1.165, 1.54) is 61.2 Å². The van der Waals surface area contributed by atoms with Gasteiger partial charge < -0.3 is 0 Å². The van der Waals surface area contributed by atoms with E-state index in [0.29, 0.717) is 0 Å². The quantitative estimate of drug-likeness (QED) is 0.121. The van der Waals surface area contributed by atoms with Gasteiger partial charge in [-0.25, -0.2) is 0 Å². The number of aromatic nitrogens is 2. The maximum Gasteiger partial charge on any atom is 0.0704 e. The van der Waals surface area contributed by atoms with Crippen LogP contribution in [0, 0.1) is 5.41 Å². The molecule has 0 saturated carbocycles. The molecule has 2 heterocycles. The first-order valence-electron chi connectivity index (χ1n) is 25.0. The molecule has 7 aromatic carbocycles. The van der Waals surface area contributed by atoms with E-state index in [4.69, 9.17) is 9.97 Å². The fourth-order valence-corrected chi connectivity index (χ4v) is 9.55. The zero-order valence-electron chi connectivity index (χ0n) is 43.0. The van der Waals surface area contributed by atoms with Crippen LogP contribution in [0.5, 0.6) is 0 Å². The molecule has 0 unspecified atom stereocenters. The van der Waals surface area contributed by atoms with Crippen LogP contribution < -0.4 is 0 Å². The standard InChI is InChI=1S/C69H66N2/c1-11-56(67(2,3)4)37-26-47-24-27-48(28-25-47)59-18-12-15-21-62(59)53-42-54(63-22-16-13-19-60(63)49-29-33-51(34-30-49)65-45-57(38-40-70-65)68(5,6)7)44-55(43-53)64-23-17-14-20-61(64)50-31-35-52(36-32-50)66-46-58(39-41-71-66)69(8,9)10/h11-25,27-46H,1,26H2,2-10H3/b56-37+. The van der Waals surface area contributed by atoms with E-state index in [1.807, 2.05) is 18.5 Å². The van der Waals surface area contributed by atoms with Gasteiger partial charge in [0, 0.05) is 23.5 Å². The number of benzene rings is 7. The summed E-state index contributed by atoms with van der Waals surface area (Å²) in [4.78, 5) is 9.55. The molecule has 71 heavy (non-hydrogen) atoms. The van der Waals surface area contributed by atoms with Gasteiger partial charge in [-0.2, -0.15) is 0 Å². The Morgan fingerprint density at radius 2 is 0.690 bits per heavy atom. The maximum absolute atomic E-state index is 4.78. The lowest BCUT2D eigenvalue weighted by molar-refractivity contribution is 0.515. The van der Waals surface area contributed by atoms with Gasteiger partial charge in [0.2, 0.25) is 0 Å². The summed E-state index contributed by atoms with van der Waals surface area (Å²) in [5.41, 5.74) is 23.4. The summed E-state index contributed by atoms with van der Waals surface area (Å²) in [5, 5.41) is 0. The Labute approximate surface area is 423 Å². The van der Waals surface area contributed by atoms with E-state index in [1.54, 1.807) is 0 Å². The highest BCUT2D eigenvalue weighted by molar-refractivity contribution is 5.94. The molecule has 0 amide bonds. The Kier molecular flexibility index (Phi) is 13.6. The van der Waals surface area contributed by atoms with E-state index in [-0.39, 0.29) is 16.2 Å². The summed E-state index contributed by atoms with van der Waals surface area (Å²) in [5.74, 6) is 0. The Balaban J connectivity index is 1.15. The number of hydrogen-bond donors (Lipinski definition) is 0. The van der Waals surface area contributed by atoms with Crippen molar-refractivity contribution < 1.29 is 0 Å². The second-order valence-corrected chi connectivity index (χ2v) is 22.0. The van der Waals surface area contributed by atoms with Crippen molar-refractivity contribution in [3.05, 3.63) is 241 Å². The predicted molar refractivity (Wildman–Crippen MR) is 304 cm³/mol. The molecule has 2 heteroatoms. The van der Waals surface area contributed by atoms with E-state index in [9.17, 15) is 0 Å². The summed E-state index contributed by atoms with van der Waals surface area (Å²) < 4.78 is 0. The molecule has 0 fully saturated rings. The third kappa shape index (κ3) is 10.9. The monoisotopic (exact) mass is 923 g/mol. The first kappa shape index (κ1) is 48.3. The third-order valence-electron chi connectivity index (χ3n) is 13.8. The molecule has 0 saturated heterocycles. The molecule has 0 spiro atoms. The molecule has 2 nitrogen and oxygen atoms in total. The molecule has 9 aromatic rings. The summed E-state index contributed by atoms with van der Waals surface area (Å²) in [6.07, 6.45) is 9.03. The van der Waals surface area contributed by atoms with Crippen molar-refractivity contribution >= 4 is 0 Å². The van der Waals surface area contributed by atoms with Crippen LogP contribution in [0.15, 0.2) is 225 Å². The van der Waals surface area contributed by atoms with Gasteiger partial charge in [-0.05, 0) is 154 Å². The topological polar surface area (TPSA) is 25.8 Å². The molecule has 0 radical (unpaired) electrons. The number of allylic oxidation sites excluding steroid dienone is 3. The average molecular weight is 923 g/mol. The minimum Gasteiger partial charge on any atom is -0.256 e. The summed E-state index contributed by atoms with van der Waals surface area (Å²) >= 11 is 0. The van der Waals surface area contributed by atoms with Crippen molar-refractivity contribution in [2.75, 3.05) is 0 Å². The molecule has 0 bridgehead atoms. The molecule has 0 aliphatic rings. The van der Waals surface area contributed by atoms with Crippen LogP contribution in [0.2, 0.25) is 0 Å². The van der Waals surface area contributed by atoms with Crippen molar-refractivity contribution in [1.82, 2.24) is 9.97 Å². The van der Waals surface area contributed by atoms with Crippen LogP contribution in [-0.2, 0) is 17.3 Å². The number of hydrogen-bond acceptors (Lipinski definition) is 2. The maximum atomic E-state index is 4.78. The number of nitrogens with zero attached hydrogens (tertiary/aromatic N) is 2. The van der Waals surface area contributed by atoms with Gasteiger partial charge in [-0.1, -0.05) is 227 Å². The Morgan fingerprint density at radius 1 is 0.380 bits per heavy atom. The van der Waals surface area contributed by atoms with E-state index in [0.717, 1.165) is 56.8 Å². The molecular formula is C69H66N2. The van der Waals surface area contributed by atoms with E-state index < -0.39 is 0 Å². The summed E-state index contributed by atoms with van der Waals surface area (Å²) in [6.45, 7) is 24.3. The first-order valence-corrected chi connectivity index (χ1v) is 25.0. The van der Waals surface area contributed by atoms with Crippen molar-refractivity contribution in [2.45, 2.75) is 79.6 Å². The van der Waals surface area contributed by atoms with E-state index >= 15 is 0 Å². The second kappa shape index (κ2) is 20.0. The Morgan fingerprint density at radius 3 is 1.00 bits per heavy atom. The second-order valence-electron chi connectivity index (χ2n) is 22.0. The minimum absolute atomic E-state index is 0.0385. The Bertz CT molecular complexity index is 3200. The third-order valence-corrected chi connectivity index (χ3v) is 13.8. The van der Waals surface area contributed by atoms with Crippen LogP contribution in [0.25, 0.3) is 89.3 Å². The van der Waals surface area contributed by atoms with Gasteiger partial charge in [0.15, 0.2) is 0 Å². The van der Waals surface area contributed by atoms with Crippen molar-refractivity contribution in [3.8, 4) is 89.3 Å². The van der Waals surface area contributed by atoms with Crippen LogP contribution in [0.4, 0.5) is 0 Å². The number of rotatable bonds is 11. The van der Waals surface area contributed by atoms with Crippen LogP contribution in [0.1, 0.15) is 79.0 Å². The molecular weight excluding hydrogens is 857 g/mol. The molecule has 352 valence electrons. The largest absolute Gasteiger partial charge is 0.256 e. The van der Waals surface area contributed by atoms with Gasteiger partial charge in [0.25, 0.3) is 0 Å². The number of pyridine rings is 2. The van der Waals surface area contributed by atoms with Gasteiger partial charge in [-0.3, -0.25) is 9.97 Å². The lowest BCUT2D eigenvalue weighted by Gasteiger charge is -2.20. The summed E-state index contributed by atoms with van der Waals surface area (Å²) in [6, 6.07) is 69.3.